The Balaban J connectivity index is 1.25. The summed E-state index contributed by atoms with van der Waals surface area (Å²) >= 11 is 8.45. The van der Waals surface area contributed by atoms with Gasteiger partial charge in [-0.05, 0) is 12.2 Å². The van der Waals surface area contributed by atoms with Crippen molar-refractivity contribution in [3.63, 3.8) is 0 Å². The largest absolute Gasteiger partial charge is 0.373 e. The zero-order valence-electron chi connectivity index (χ0n) is 15.3. The van der Waals surface area contributed by atoms with Gasteiger partial charge in [-0.2, -0.15) is 47.0 Å². The Morgan fingerprint density at radius 2 is 0.962 bits per heavy atom. The van der Waals surface area contributed by atoms with Crippen molar-refractivity contribution in [2.24, 2.45) is 5.41 Å². The summed E-state index contributed by atoms with van der Waals surface area (Å²) in [7, 11) is 0. The SMILES string of the molecule is C(CC1CO1)SCC(CSCC1CO1)(CSCC1CO1)CSC[C@@H]1CO1. The number of thioether (sulfide) groups is 4. The molecule has 0 aliphatic carbocycles. The van der Waals surface area contributed by atoms with Crippen LogP contribution in [0.5, 0.6) is 0 Å². The Morgan fingerprint density at radius 1 is 0.577 bits per heavy atom. The summed E-state index contributed by atoms with van der Waals surface area (Å²) < 4.78 is 21.6. The summed E-state index contributed by atoms with van der Waals surface area (Å²) in [6, 6.07) is 0. The first-order valence-electron chi connectivity index (χ1n) is 9.59. The maximum absolute atomic E-state index is 5.41. The second-order valence-electron chi connectivity index (χ2n) is 7.71. The molecule has 4 nitrogen and oxygen atoms in total. The third-order valence-electron chi connectivity index (χ3n) is 4.74. The maximum atomic E-state index is 5.41. The molecule has 150 valence electrons. The van der Waals surface area contributed by atoms with Gasteiger partial charge in [0.15, 0.2) is 0 Å². The predicted octanol–water partition coefficient (Wildman–Crippen LogP) is 2.89. The minimum Gasteiger partial charge on any atom is -0.373 e. The van der Waals surface area contributed by atoms with Crippen LogP contribution < -0.4 is 0 Å². The monoisotopic (exact) mass is 438 g/mol. The van der Waals surface area contributed by atoms with Gasteiger partial charge in [0.05, 0.1) is 50.8 Å². The van der Waals surface area contributed by atoms with Crippen LogP contribution in [0.1, 0.15) is 6.42 Å². The smallest absolute Gasteiger partial charge is 0.0900 e. The molecular weight excluding hydrogens is 408 g/mol. The molecule has 4 rings (SSSR count). The average Bonchev–Trinajstić information content (AvgIpc) is 3.45. The fraction of sp³-hybridized carbons (Fsp3) is 1.00. The molecule has 3 unspecified atom stereocenters. The minimum atomic E-state index is 0.397. The van der Waals surface area contributed by atoms with Crippen LogP contribution in [0.15, 0.2) is 0 Å². The second-order valence-corrected chi connectivity index (χ2v) is 11.9. The Morgan fingerprint density at radius 3 is 1.35 bits per heavy atom. The van der Waals surface area contributed by atoms with Gasteiger partial charge in [-0.1, -0.05) is 0 Å². The summed E-state index contributed by atoms with van der Waals surface area (Å²) in [5, 5.41) is 0. The van der Waals surface area contributed by atoms with Gasteiger partial charge in [0, 0.05) is 45.7 Å². The molecule has 0 spiro atoms. The maximum Gasteiger partial charge on any atom is 0.0900 e. The van der Waals surface area contributed by atoms with Crippen LogP contribution in [0, 0.1) is 5.41 Å². The third kappa shape index (κ3) is 8.31. The lowest BCUT2D eigenvalue weighted by Crippen LogP contribution is -2.34. The van der Waals surface area contributed by atoms with Crippen molar-refractivity contribution in [3.05, 3.63) is 0 Å². The van der Waals surface area contributed by atoms with Crippen molar-refractivity contribution < 1.29 is 18.9 Å². The van der Waals surface area contributed by atoms with E-state index >= 15 is 0 Å². The summed E-state index contributed by atoms with van der Waals surface area (Å²) in [5.74, 6) is 9.72. The lowest BCUT2D eigenvalue weighted by atomic mass is 9.99. The number of hydrogen-bond donors (Lipinski definition) is 0. The lowest BCUT2D eigenvalue weighted by molar-refractivity contribution is 0.404. The molecule has 4 heterocycles. The van der Waals surface area contributed by atoms with Gasteiger partial charge in [0.1, 0.15) is 0 Å². The average molecular weight is 439 g/mol. The fourth-order valence-corrected chi connectivity index (χ4v) is 8.73. The van der Waals surface area contributed by atoms with Crippen LogP contribution in [-0.2, 0) is 18.9 Å². The normalized spacial score (nSPS) is 33.7. The van der Waals surface area contributed by atoms with E-state index in [1.807, 2.05) is 0 Å². The molecule has 0 aromatic rings. The van der Waals surface area contributed by atoms with Crippen LogP contribution in [0.3, 0.4) is 0 Å². The number of epoxide rings is 4. The van der Waals surface area contributed by atoms with Gasteiger partial charge in [-0.3, -0.25) is 0 Å². The van der Waals surface area contributed by atoms with E-state index in [9.17, 15) is 0 Å². The Hall–Kier alpha value is 1.24. The zero-order chi connectivity index (χ0) is 17.7. The second kappa shape index (κ2) is 10.3. The molecule has 0 saturated carbocycles. The molecule has 4 saturated heterocycles. The highest BCUT2D eigenvalue weighted by atomic mass is 32.2. The highest BCUT2D eigenvalue weighted by molar-refractivity contribution is 8.02. The topological polar surface area (TPSA) is 50.1 Å². The van der Waals surface area contributed by atoms with E-state index in [0.717, 1.165) is 43.7 Å². The number of rotatable bonds is 17. The van der Waals surface area contributed by atoms with E-state index in [-0.39, 0.29) is 0 Å². The summed E-state index contributed by atoms with van der Waals surface area (Å²) in [6.07, 6.45) is 3.35. The molecule has 4 fully saturated rings. The van der Waals surface area contributed by atoms with E-state index in [2.05, 4.69) is 47.0 Å². The standard InChI is InChI=1S/C18H30O4S4/c1(14-3-19-14)2-23-10-18(11-24-7-15-4-20-15,12-25-8-16-5-21-16)13-26-9-17-6-22-17/h14-17H,1-13H2/t14?,15-,16?,17?,18?/m0/s1. The van der Waals surface area contributed by atoms with E-state index < -0.39 is 0 Å². The van der Waals surface area contributed by atoms with Crippen LogP contribution in [-0.4, -0.2) is 96.9 Å². The van der Waals surface area contributed by atoms with E-state index in [1.165, 1.54) is 35.2 Å². The van der Waals surface area contributed by atoms with Gasteiger partial charge in [0.25, 0.3) is 0 Å². The first-order valence-corrected chi connectivity index (χ1v) is 14.2. The molecule has 4 aliphatic heterocycles. The van der Waals surface area contributed by atoms with Gasteiger partial charge in [-0.25, -0.2) is 0 Å². The summed E-state index contributed by atoms with van der Waals surface area (Å²) in [4.78, 5) is 0. The van der Waals surface area contributed by atoms with Crippen LogP contribution in [0.4, 0.5) is 0 Å². The van der Waals surface area contributed by atoms with Gasteiger partial charge < -0.3 is 18.9 Å². The summed E-state index contributed by atoms with van der Waals surface area (Å²) in [6.45, 7) is 3.89. The molecular formula is C18H30O4S4. The van der Waals surface area contributed by atoms with Gasteiger partial charge in [-0.15, -0.1) is 0 Å². The van der Waals surface area contributed by atoms with Gasteiger partial charge in [0.2, 0.25) is 0 Å². The lowest BCUT2D eigenvalue weighted by Gasteiger charge is -2.33. The highest BCUT2D eigenvalue weighted by Crippen LogP contribution is 2.38. The van der Waals surface area contributed by atoms with Crippen molar-refractivity contribution in [2.45, 2.75) is 30.8 Å². The zero-order valence-corrected chi connectivity index (χ0v) is 18.5. The molecule has 0 radical (unpaired) electrons. The van der Waals surface area contributed by atoms with E-state index in [0.29, 0.717) is 29.8 Å². The molecule has 0 aromatic heterocycles. The number of hydrogen-bond acceptors (Lipinski definition) is 8. The minimum absolute atomic E-state index is 0.397. The van der Waals surface area contributed by atoms with Crippen molar-refractivity contribution in [1.29, 1.82) is 0 Å². The molecule has 0 bridgehead atoms. The number of ether oxygens (including phenoxy) is 4. The van der Waals surface area contributed by atoms with E-state index in [4.69, 9.17) is 18.9 Å². The van der Waals surface area contributed by atoms with Crippen molar-refractivity contribution in [2.75, 3.05) is 72.5 Å². The highest BCUT2D eigenvalue weighted by Gasteiger charge is 2.34. The quantitative estimate of drug-likeness (QED) is 0.254. The Bertz CT molecular complexity index is 380. The fourth-order valence-electron chi connectivity index (χ4n) is 2.70. The molecule has 4 atom stereocenters. The third-order valence-corrected chi connectivity index (χ3v) is 10.4. The van der Waals surface area contributed by atoms with Crippen LogP contribution in [0.2, 0.25) is 0 Å². The molecule has 0 N–H and O–H groups in total. The van der Waals surface area contributed by atoms with Crippen LogP contribution >= 0.6 is 47.0 Å². The van der Waals surface area contributed by atoms with Gasteiger partial charge >= 0.3 is 0 Å². The molecule has 0 aromatic carbocycles. The molecule has 0 amide bonds. The molecule has 8 heteroatoms. The predicted molar refractivity (Wildman–Crippen MR) is 115 cm³/mol. The van der Waals surface area contributed by atoms with Crippen molar-refractivity contribution in [3.8, 4) is 0 Å². The van der Waals surface area contributed by atoms with Crippen LogP contribution in [0.25, 0.3) is 0 Å². The first kappa shape index (κ1) is 20.5. The van der Waals surface area contributed by atoms with Crippen molar-refractivity contribution >= 4 is 47.0 Å². The first-order chi connectivity index (χ1) is 12.8. The summed E-state index contributed by atoms with van der Waals surface area (Å²) in [5.41, 5.74) is 0.397. The Labute approximate surface area is 174 Å². The van der Waals surface area contributed by atoms with E-state index in [1.54, 1.807) is 0 Å². The van der Waals surface area contributed by atoms with Crippen molar-refractivity contribution in [1.82, 2.24) is 0 Å². The Kier molecular flexibility index (Phi) is 8.14. The molecule has 26 heavy (non-hydrogen) atoms. The molecule has 4 aliphatic rings.